The summed E-state index contributed by atoms with van der Waals surface area (Å²) in [5.41, 5.74) is -1.33. The summed E-state index contributed by atoms with van der Waals surface area (Å²) in [5.74, 6) is -2.10. The lowest BCUT2D eigenvalue weighted by Gasteiger charge is -2.42. The molecule has 13 N–H and O–H groups in total. The van der Waals surface area contributed by atoms with Gasteiger partial charge in [-0.05, 0) is 0 Å². The summed E-state index contributed by atoms with van der Waals surface area (Å²) in [5, 5.41) is 91.5. The van der Waals surface area contributed by atoms with Crippen molar-refractivity contribution in [2.75, 3.05) is 99.7 Å². The van der Waals surface area contributed by atoms with Gasteiger partial charge in [-0.1, -0.05) is 20.8 Å². The number of carbonyl (C=O) groups is 1. The lowest BCUT2D eigenvalue weighted by atomic mass is 9.92. The van der Waals surface area contributed by atoms with Crippen LogP contribution in [0.3, 0.4) is 0 Å². The Hall–Kier alpha value is -0.920. The molecule has 0 aromatic heterocycles. The highest BCUT2D eigenvalue weighted by Gasteiger charge is 2.46. The molecule has 0 spiro atoms. The zero-order valence-corrected chi connectivity index (χ0v) is 41.9. The van der Waals surface area contributed by atoms with E-state index < -0.39 is 213 Å². The Morgan fingerprint density at radius 1 is 0.507 bits per heavy atom. The lowest BCUT2D eigenvalue weighted by molar-refractivity contribution is -0.283. The molecule has 3 heterocycles. The average Bonchev–Trinajstić information content (AvgIpc) is 3.31. The van der Waals surface area contributed by atoms with Gasteiger partial charge in [-0.3, -0.25) is 31.9 Å². The van der Waals surface area contributed by atoms with Crippen LogP contribution in [0.4, 0.5) is 0 Å². The number of hydrogen-bond donors (Lipinski definition) is 13. The van der Waals surface area contributed by atoms with E-state index in [1.54, 1.807) is 0 Å². The van der Waals surface area contributed by atoms with E-state index in [2.05, 4.69) is 5.32 Å². The van der Waals surface area contributed by atoms with Crippen LogP contribution in [0.1, 0.15) is 27.7 Å². The van der Waals surface area contributed by atoms with Gasteiger partial charge < -0.3 is 109 Å². The number of aliphatic hydroxyl groups is 9. The molecule has 3 aliphatic heterocycles. The molecule has 71 heavy (non-hydrogen) atoms. The predicted octanol–water partition coefficient (Wildman–Crippen LogP) is -4.54. The third kappa shape index (κ3) is 21.6. The zero-order valence-electron chi connectivity index (χ0n) is 39.2. The van der Waals surface area contributed by atoms with Crippen LogP contribution in [0.15, 0.2) is 0 Å². The highest BCUT2D eigenvalue weighted by atomic mass is 31.2. The van der Waals surface area contributed by atoms with Crippen LogP contribution in [0.5, 0.6) is 0 Å². The molecule has 420 valence electrons. The molecule has 3 fully saturated rings. The predicted molar refractivity (Wildman–Crippen MR) is 228 cm³/mol. The summed E-state index contributed by atoms with van der Waals surface area (Å²) < 4.78 is 115. The first-order chi connectivity index (χ1) is 33.3. The molecule has 9 unspecified atom stereocenters. The monoisotopic (exact) mass is 1110 g/mol. The van der Waals surface area contributed by atoms with E-state index in [1.165, 1.54) is 20.8 Å². The zero-order chi connectivity index (χ0) is 53.2. The van der Waals surface area contributed by atoms with Crippen molar-refractivity contribution in [3.05, 3.63) is 0 Å². The van der Waals surface area contributed by atoms with Gasteiger partial charge >= 0.3 is 23.5 Å². The van der Waals surface area contributed by atoms with Crippen molar-refractivity contribution in [1.82, 2.24) is 5.32 Å². The Kier molecular flexibility index (Phi) is 27.9. The third-order valence-corrected chi connectivity index (χ3v) is 13.6. The van der Waals surface area contributed by atoms with Crippen molar-refractivity contribution < 1.29 is 149 Å². The Balaban J connectivity index is 1.49. The first kappa shape index (κ1) is 64.4. The lowest BCUT2D eigenvalue weighted by Crippen LogP contribution is -2.64. The van der Waals surface area contributed by atoms with Crippen LogP contribution < -0.4 is 5.32 Å². The van der Waals surface area contributed by atoms with Gasteiger partial charge in [-0.25, -0.2) is 13.7 Å². The second-order valence-corrected chi connectivity index (χ2v) is 21.0. The molecular formula is C36H70NO31P3. The first-order valence-corrected chi connectivity index (χ1v) is 26.4. The van der Waals surface area contributed by atoms with Crippen LogP contribution >= 0.6 is 23.5 Å². The molecule has 0 bridgehead atoms. The quantitative estimate of drug-likeness (QED) is 0.0164. The first-order valence-electron chi connectivity index (χ1n) is 21.9. The summed E-state index contributed by atoms with van der Waals surface area (Å²) in [4.78, 5) is 42.1. The van der Waals surface area contributed by atoms with Crippen LogP contribution in [0, 0.1) is 17.3 Å². The number of amides is 1. The standard InChI is InChI=1S/C36H70NO31P3/c1-20-27(42)29(44)23(11-38)66-33(20)57-5-8-60-69(48,49)63-17-54-14-36(4,15-55-18-64-70(50,51)61-9-6-58-34-21(2)28(43)30(45)24(12-39)67-34)16-56-19-65-71(52,53)62-10-7-59-35-26(37-22(3)41)32(47)31(46)25(13-40)68-35/h20-21,23-35,38-40,42-47H,5-19H2,1-4H3,(H,37,41)(H,48,49)(H,50,51)(H,52,53)/t20?,21?,23?,24?,25?,26?,27-,28-,29+,30+,31+,32-,33-,34-,35-,36?/m1/s1. The molecule has 3 saturated heterocycles. The highest BCUT2D eigenvalue weighted by Crippen LogP contribution is 2.45. The summed E-state index contributed by atoms with van der Waals surface area (Å²) in [6.07, 6.45) is -15.7. The molecule has 0 saturated carbocycles. The van der Waals surface area contributed by atoms with E-state index in [-0.39, 0.29) is 13.2 Å². The van der Waals surface area contributed by atoms with Crippen molar-refractivity contribution in [2.24, 2.45) is 17.3 Å². The number of ether oxygens (including phenoxy) is 9. The third-order valence-electron chi connectivity index (χ3n) is 10.7. The van der Waals surface area contributed by atoms with Crippen LogP contribution in [0.25, 0.3) is 0 Å². The van der Waals surface area contributed by atoms with Crippen LogP contribution in [-0.4, -0.2) is 246 Å². The van der Waals surface area contributed by atoms with E-state index in [9.17, 15) is 79.1 Å². The fourth-order valence-electron chi connectivity index (χ4n) is 6.80. The van der Waals surface area contributed by atoms with E-state index >= 15 is 0 Å². The maximum Gasteiger partial charge on any atom is 0.474 e. The molecule has 0 aliphatic carbocycles. The van der Waals surface area contributed by atoms with Gasteiger partial charge in [0.2, 0.25) is 5.91 Å². The molecule has 0 radical (unpaired) electrons. The van der Waals surface area contributed by atoms with E-state index in [0.29, 0.717) is 0 Å². The second kappa shape index (κ2) is 30.7. The average molecular weight is 1110 g/mol. The molecule has 35 heteroatoms. The smallest absolute Gasteiger partial charge is 0.394 e. The van der Waals surface area contributed by atoms with E-state index in [0.717, 1.165) is 6.92 Å². The minimum absolute atomic E-state index is 0.351. The summed E-state index contributed by atoms with van der Waals surface area (Å²) in [7, 11) is -14.5. The Labute approximate surface area is 407 Å². The molecule has 18 atom stereocenters. The van der Waals surface area contributed by atoms with Crippen molar-refractivity contribution in [3.63, 3.8) is 0 Å². The SMILES string of the molecule is CC(=O)NC1[C@H](OCCOP(=O)(O)OCOCC(C)(COCOP(=O)(O)OCCO[C@@H]2OC(CO)[C@H](O)[C@H](O)C2C)COCOP(=O)(O)OCCO[C@@H]2OC(CO)[C@H](O)[C@H](O)C2C)OC(CO)[C@H](O)[C@@H]1O. The van der Waals surface area contributed by atoms with Gasteiger partial charge in [0.25, 0.3) is 0 Å². The van der Waals surface area contributed by atoms with Gasteiger partial charge in [0.15, 0.2) is 39.2 Å². The van der Waals surface area contributed by atoms with Crippen molar-refractivity contribution >= 4 is 29.4 Å². The second-order valence-electron chi connectivity index (χ2n) is 16.7. The van der Waals surface area contributed by atoms with Gasteiger partial charge in [0, 0.05) is 24.2 Å². The number of aliphatic hydroxyl groups excluding tert-OH is 9. The number of phosphoric ester groups is 3. The molecule has 3 aliphatic rings. The summed E-state index contributed by atoms with van der Waals surface area (Å²) >= 11 is 0. The van der Waals surface area contributed by atoms with Gasteiger partial charge in [0.1, 0.15) is 48.8 Å². The minimum Gasteiger partial charge on any atom is -0.394 e. The van der Waals surface area contributed by atoms with E-state index in [4.69, 9.17) is 69.8 Å². The van der Waals surface area contributed by atoms with Crippen molar-refractivity contribution in [2.45, 2.75) is 108 Å². The normalized spacial score (nSPS) is 35.0. The number of phosphoric acid groups is 3. The molecular weight excluding hydrogens is 1040 g/mol. The number of rotatable bonds is 34. The number of nitrogens with one attached hydrogen (secondary N) is 1. The summed E-state index contributed by atoms with van der Waals surface area (Å²) in [6, 6.07) is -1.29. The maximum atomic E-state index is 12.6. The topological polar surface area (TPSA) is 462 Å². The molecule has 1 amide bonds. The fraction of sp³-hybridized carbons (Fsp3) is 0.972. The molecule has 0 aromatic rings. The number of hydrogen-bond acceptors (Lipinski definition) is 28. The van der Waals surface area contributed by atoms with Crippen LogP contribution in [-0.2, 0) is 88.3 Å². The maximum absolute atomic E-state index is 12.6. The van der Waals surface area contributed by atoms with Crippen LogP contribution in [0.2, 0.25) is 0 Å². The Morgan fingerprint density at radius 3 is 1.14 bits per heavy atom. The molecule has 3 rings (SSSR count). The molecule has 0 aromatic carbocycles. The fourth-order valence-corrected chi connectivity index (χ4v) is 8.56. The van der Waals surface area contributed by atoms with E-state index in [1.807, 2.05) is 0 Å². The largest absolute Gasteiger partial charge is 0.474 e. The van der Waals surface area contributed by atoms with Gasteiger partial charge in [-0.2, -0.15) is 0 Å². The van der Waals surface area contributed by atoms with Gasteiger partial charge in [0.05, 0.1) is 91.5 Å². The molecule has 32 nitrogen and oxygen atoms in total. The minimum atomic E-state index is -4.86. The highest BCUT2D eigenvalue weighted by molar-refractivity contribution is 7.47. The van der Waals surface area contributed by atoms with Crippen molar-refractivity contribution in [1.29, 1.82) is 0 Å². The Bertz CT molecular complexity index is 1620. The summed E-state index contributed by atoms with van der Waals surface area (Å²) in [6.45, 7) is -3.17. The number of carbonyl (C=O) groups excluding carboxylic acids is 1. The van der Waals surface area contributed by atoms with Gasteiger partial charge in [-0.15, -0.1) is 0 Å². The van der Waals surface area contributed by atoms with Crippen molar-refractivity contribution in [3.8, 4) is 0 Å². The Morgan fingerprint density at radius 2 is 0.817 bits per heavy atom.